The molecule has 0 aliphatic carbocycles. The van der Waals surface area contributed by atoms with Gasteiger partial charge in [0.15, 0.2) is 0 Å². The lowest BCUT2D eigenvalue weighted by Crippen LogP contribution is -1.96. The summed E-state index contributed by atoms with van der Waals surface area (Å²) in [5.74, 6) is 0.884. The minimum atomic E-state index is 0.553. The maximum atomic E-state index is 5.81. The Morgan fingerprint density at radius 3 is 2.62 bits per heavy atom. The van der Waals surface area contributed by atoms with Crippen LogP contribution >= 0.6 is 34.2 Å². The molecule has 0 fully saturated rings. The minimum Gasteiger partial charge on any atom is -0.488 e. The summed E-state index contributed by atoms with van der Waals surface area (Å²) in [5, 5.41) is 0.743. The molecule has 0 spiro atoms. The monoisotopic (exact) mass is 343 g/mol. The van der Waals surface area contributed by atoms with E-state index in [1.807, 2.05) is 42.5 Å². The molecule has 1 nitrogen and oxygen atoms in total. The molecule has 16 heavy (non-hydrogen) atoms. The van der Waals surface area contributed by atoms with Crippen molar-refractivity contribution in [2.24, 2.45) is 0 Å². The van der Waals surface area contributed by atoms with Crippen molar-refractivity contribution in [2.45, 2.75) is 6.61 Å². The van der Waals surface area contributed by atoms with Crippen molar-refractivity contribution in [1.29, 1.82) is 0 Å². The van der Waals surface area contributed by atoms with E-state index in [4.69, 9.17) is 16.3 Å². The summed E-state index contributed by atoms with van der Waals surface area (Å²) in [7, 11) is 0. The Balaban J connectivity index is 2.02. The van der Waals surface area contributed by atoms with Crippen LogP contribution in [0.25, 0.3) is 0 Å². The van der Waals surface area contributed by atoms with E-state index in [-0.39, 0.29) is 0 Å². The Labute approximate surface area is 114 Å². The lowest BCUT2D eigenvalue weighted by molar-refractivity contribution is 0.304. The fourth-order valence-corrected chi connectivity index (χ4v) is 1.90. The van der Waals surface area contributed by atoms with Crippen molar-refractivity contribution in [3.05, 3.63) is 62.7 Å². The highest BCUT2D eigenvalue weighted by Crippen LogP contribution is 2.20. The first-order valence-electron chi connectivity index (χ1n) is 4.78. The Hall–Kier alpha value is -0.740. The van der Waals surface area contributed by atoms with Gasteiger partial charge in [0, 0.05) is 5.02 Å². The van der Waals surface area contributed by atoms with Crippen LogP contribution in [0.1, 0.15) is 5.56 Å². The normalized spacial score (nSPS) is 10.1. The molecule has 0 N–H and O–H groups in total. The molecule has 1 radical (unpaired) electrons. The highest BCUT2D eigenvalue weighted by Gasteiger charge is 1.99. The zero-order valence-electron chi connectivity index (χ0n) is 8.41. The minimum absolute atomic E-state index is 0.553. The molecule has 3 heteroatoms. The summed E-state index contributed by atoms with van der Waals surface area (Å²) >= 11 is 8.04. The van der Waals surface area contributed by atoms with Crippen LogP contribution in [0.15, 0.2) is 42.5 Å². The molecule has 0 heterocycles. The van der Waals surface area contributed by atoms with Crippen LogP contribution in [-0.4, -0.2) is 0 Å². The zero-order chi connectivity index (χ0) is 11.4. The van der Waals surface area contributed by atoms with Crippen molar-refractivity contribution < 1.29 is 4.74 Å². The molecule has 0 aromatic heterocycles. The second kappa shape index (κ2) is 5.55. The van der Waals surface area contributed by atoms with Gasteiger partial charge in [-0.05, 0) is 58.5 Å². The van der Waals surface area contributed by atoms with Gasteiger partial charge in [-0.3, -0.25) is 0 Å². The zero-order valence-corrected chi connectivity index (χ0v) is 11.3. The Morgan fingerprint density at radius 2 is 1.94 bits per heavy atom. The first kappa shape index (κ1) is 11.7. The molecule has 81 valence electrons. The summed E-state index contributed by atoms with van der Waals surface area (Å²) in [4.78, 5) is 0. The van der Waals surface area contributed by atoms with Crippen molar-refractivity contribution in [3.8, 4) is 5.75 Å². The quantitative estimate of drug-likeness (QED) is 0.754. The molecule has 0 atom stereocenters. The average Bonchev–Trinajstić information content (AvgIpc) is 2.30. The molecule has 0 aliphatic rings. The number of halogens is 2. The summed E-state index contributed by atoms with van der Waals surface area (Å²) in [6.07, 6.45) is 0. The second-order valence-corrected chi connectivity index (χ2v) is 4.87. The van der Waals surface area contributed by atoms with E-state index in [1.54, 1.807) is 0 Å². The van der Waals surface area contributed by atoms with Gasteiger partial charge in [-0.25, -0.2) is 0 Å². The Kier molecular flexibility index (Phi) is 4.07. The predicted molar refractivity (Wildman–Crippen MR) is 73.8 cm³/mol. The fraction of sp³-hybridized carbons (Fsp3) is 0.0769. The molecule has 0 saturated heterocycles. The second-order valence-electron chi connectivity index (χ2n) is 3.27. The van der Waals surface area contributed by atoms with Gasteiger partial charge >= 0.3 is 0 Å². The van der Waals surface area contributed by atoms with E-state index in [2.05, 4.69) is 28.7 Å². The van der Waals surface area contributed by atoms with E-state index in [0.717, 1.165) is 19.9 Å². The molecule has 0 aliphatic heterocycles. The number of hydrogen-bond donors (Lipinski definition) is 0. The van der Waals surface area contributed by atoms with Crippen molar-refractivity contribution in [3.63, 3.8) is 0 Å². The van der Waals surface area contributed by atoms with Gasteiger partial charge in [-0.2, -0.15) is 0 Å². The van der Waals surface area contributed by atoms with Crippen LogP contribution in [0.5, 0.6) is 5.75 Å². The highest BCUT2D eigenvalue weighted by molar-refractivity contribution is 14.1. The van der Waals surface area contributed by atoms with Gasteiger partial charge in [0.1, 0.15) is 12.4 Å². The first-order chi connectivity index (χ1) is 7.75. The van der Waals surface area contributed by atoms with Gasteiger partial charge in [0.2, 0.25) is 0 Å². The summed E-state index contributed by atoms with van der Waals surface area (Å²) in [5.41, 5.74) is 1.10. The van der Waals surface area contributed by atoms with Crippen molar-refractivity contribution >= 4 is 34.2 Å². The third-order valence-electron chi connectivity index (χ3n) is 2.08. The maximum Gasteiger partial charge on any atom is 0.133 e. The van der Waals surface area contributed by atoms with Crippen LogP contribution in [0, 0.1) is 9.64 Å². The van der Waals surface area contributed by atoms with Crippen molar-refractivity contribution in [1.82, 2.24) is 0 Å². The smallest absolute Gasteiger partial charge is 0.133 e. The molecular formula is C13H9ClIO. The third-order valence-corrected chi connectivity index (χ3v) is 3.18. The van der Waals surface area contributed by atoms with Crippen LogP contribution in [0.4, 0.5) is 0 Å². The Morgan fingerprint density at radius 1 is 1.19 bits per heavy atom. The van der Waals surface area contributed by atoms with Gasteiger partial charge in [0.05, 0.1) is 3.57 Å². The summed E-state index contributed by atoms with van der Waals surface area (Å²) in [6.45, 7) is 0.553. The van der Waals surface area contributed by atoms with Gasteiger partial charge in [0.25, 0.3) is 0 Å². The van der Waals surface area contributed by atoms with Gasteiger partial charge < -0.3 is 4.74 Å². The van der Waals surface area contributed by atoms with Gasteiger partial charge in [-0.1, -0.05) is 29.8 Å². The average molecular weight is 344 g/mol. The fourth-order valence-electron chi connectivity index (χ4n) is 1.25. The Bertz CT molecular complexity index is 468. The van der Waals surface area contributed by atoms with E-state index >= 15 is 0 Å². The van der Waals surface area contributed by atoms with Crippen LogP contribution in [0.2, 0.25) is 5.02 Å². The third kappa shape index (κ3) is 3.12. The highest BCUT2D eigenvalue weighted by atomic mass is 127. The number of benzene rings is 2. The van der Waals surface area contributed by atoms with E-state index in [9.17, 15) is 0 Å². The summed E-state index contributed by atoms with van der Waals surface area (Å²) in [6, 6.07) is 16.3. The van der Waals surface area contributed by atoms with Crippen LogP contribution in [-0.2, 0) is 6.61 Å². The van der Waals surface area contributed by atoms with E-state index in [0.29, 0.717) is 6.61 Å². The lowest BCUT2D eigenvalue weighted by atomic mass is 10.2. The molecule has 2 rings (SSSR count). The summed E-state index contributed by atoms with van der Waals surface area (Å²) < 4.78 is 6.76. The number of ether oxygens (including phenoxy) is 1. The number of rotatable bonds is 3. The molecule has 0 unspecified atom stereocenters. The van der Waals surface area contributed by atoms with Crippen molar-refractivity contribution in [2.75, 3.05) is 0 Å². The SMILES string of the molecule is Clc1ccc(COc2cc[c]cc2I)cc1. The standard InChI is InChI=1S/C13H9ClIO/c14-11-7-5-10(6-8-11)9-16-13-4-2-1-3-12(13)15/h2-8H,9H2. The molecule has 2 aromatic carbocycles. The molecule has 0 saturated carbocycles. The predicted octanol–water partition coefficient (Wildman–Crippen LogP) is 4.32. The topological polar surface area (TPSA) is 9.23 Å². The maximum absolute atomic E-state index is 5.81. The molecule has 2 aromatic rings. The van der Waals surface area contributed by atoms with E-state index < -0.39 is 0 Å². The first-order valence-corrected chi connectivity index (χ1v) is 6.24. The number of hydrogen-bond acceptors (Lipinski definition) is 1. The van der Waals surface area contributed by atoms with Crippen LogP contribution in [0.3, 0.4) is 0 Å². The van der Waals surface area contributed by atoms with E-state index in [1.165, 1.54) is 0 Å². The lowest BCUT2D eigenvalue weighted by Gasteiger charge is -2.07. The van der Waals surface area contributed by atoms with Crippen LogP contribution < -0.4 is 4.74 Å². The molecular weight excluding hydrogens is 334 g/mol. The molecule has 0 amide bonds. The van der Waals surface area contributed by atoms with Gasteiger partial charge in [-0.15, -0.1) is 0 Å². The molecule has 0 bridgehead atoms. The largest absolute Gasteiger partial charge is 0.488 e.